The van der Waals surface area contributed by atoms with E-state index in [1.165, 1.54) is 0 Å². The average Bonchev–Trinajstić information content (AvgIpc) is 0. The van der Waals surface area contributed by atoms with Crippen molar-refractivity contribution < 1.29 is 67.7 Å². The first-order chi connectivity index (χ1) is 0. The van der Waals surface area contributed by atoms with E-state index in [-0.39, 0.29) is 78.7 Å². The molecule has 0 saturated carbocycles. The van der Waals surface area contributed by atoms with Gasteiger partial charge < -0.3 is 0 Å². The molecule has 6 heteroatoms. The number of halogens is 4. The van der Waals surface area contributed by atoms with E-state index in [2.05, 4.69) is 0 Å². The van der Waals surface area contributed by atoms with Gasteiger partial charge in [0.25, 0.3) is 0 Å². The van der Waals surface area contributed by atoms with Crippen molar-refractivity contribution in [2.75, 3.05) is 0 Å². The van der Waals surface area contributed by atoms with Crippen LogP contribution in [0.2, 0.25) is 0 Å². The Morgan fingerprint density at radius 1 is 0.500 bits per heavy atom. The predicted molar refractivity (Wildman–Crippen MR) is 21.3 cm³/mol. The second-order valence-electron chi connectivity index (χ2n) is 0. The maximum Gasteiger partial charge on any atom is 0 e. The molecule has 0 N–H and O–H groups in total. The summed E-state index contributed by atoms with van der Waals surface area (Å²) in [5.74, 6) is 0. The average molecular weight is 243 g/mol. The van der Waals surface area contributed by atoms with Gasteiger partial charge in [0.15, 0.2) is 0 Å². The van der Waals surface area contributed by atoms with Gasteiger partial charge in [-0.05, 0) is 11.0 Å². The Bertz CT molecular complexity index is 7.51. The van der Waals surface area contributed by atoms with E-state index in [4.69, 9.17) is 0 Å². The minimum atomic E-state index is 0. The fourth-order valence-corrected chi connectivity index (χ4v) is 0. The summed E-state index contributed by atoms with van der Waals surface area (Å²) in [7, 11) is 0. The molecular formula is H8F4SiXe. The topological polar surface area (TPSA) is 0 Å². The van der Waals surface area contributed by atoms with Crippen molar-refractivity contribution >= 4 is 11.0 Å². The summed E-state index contributed by atoms with van der Waals surface area (Å²) in [6.45, 7) is 0. The second-order valence-corrected chi connectivity index (χ2v) is 0. The van der Waals surface area contributed by atoms with Crippen molar-refractivity contribution in [2.45, 2.75) is 0 Å². The van der Waals surface area contributed by atoms with Crippen molar-refractivity contribution in [1.82, 2.24) is 0 Å². The minimum Gasteiger partial charge on any atom is -0.269 e. The van der Waals surface area contributed by atoms with Crippen LogP contribution in [0, 0.1) is 48.9 Å². The Labute approximate surface area is 77.6 Å². The van der Waals surface area contributed by atoms with Gasteiger partial charge in [-0.3, -0.25) is 18.8 Å². The fraction of sp³-hybridized carbons (Fsp3) is 0. The van der Waals surface area contributed by atoms with Crippen molar-refractivity contribution in [2.24, 2.45) is 0 Å². The van der Waals surface area contributed by atoms with Gasteiger partial charge in [0.2, 0.25) is 0 Å². The maximum absolute atomic E-state index is 0. The van der Waals surface area contributed by atoms with Crippen LogP contribution < -0.4 is 0 Å². The van der Waals surface area contributed by atoms with Gasteiger partial charge in [-0.15, -0.1) is 0 Å². The smallest absolute Gasteiger partial charge is 0 e. The number of hydrogen-bond acceptors (Lipinski definition) is 0. The molecular weight excluding hydrogens is 235 g/mol. The van der Waals surface area contributed by atoms with Gasteiger partial charge in [-0.2, -0.15) is 0 Å². The third kappa shape index (κ3) is 49.2. The molecule has 0 aromatic heterocycles. The first-order valence-electron chi connectivity index (χ1n) is 0. The molecule has 0 saturated heterocycles. The fourth-order valence-electron chi connectivity index (χ4n) is 0. The molecule has 0 aliphatic rings. The Kier molecular flexibility index (Phi) is 2020. The van der Waals surface area contributed by atoms with Crippen LogP contribution in [0.4, 0.5) is 18.8 Å². The van der Waals surface area contributed by atoms with Gasteiger partial charge in [-0.25, -0.2) is 0 Å². The van der Waals surface area contributed by atoms with Gasteiger partial charge in [0, 0.05) is 48.9 Å². The molecule has 0 aliphatic carbocycles. The first-order valence-corrected chi connectivity index (χ1v) is 0. The summed E-state index contributed by atoms with van der Waals surface area (Å²) < 4.78 is 0. The molecule has 0 fully saturated rings. The van der Waals surface area contributed by atoms with E-state index in [9.17, 15) is 0 Å². The Morgan fingerprint density at radius 3 is 0.500 bits per heavy atom. The molecule has 0 aliphatic heterocycles. The standard InChI is InChI=1S/4FH.H4Si.Xe/h4*1H;1H4;. The molecule has 0 nitrogen and oxygen atoms in total. The summed E-state index contributed by atoms with van der Waals surface area (Å²) in [4.78, 5) is 0. The molecule has 0 amide bonds. The van der Waals surface area contributed by atoms with Crippen LogP contribution in [0.5, 0.6) is 0 Å². The van der Waals surface area contributed by atoms with E-state index in [1.807, 2.05) is 0 Å². The molecule has 48 valence electrons. The number of hydrogen-bond donors (Lipinski definition) is 0. The monoisotopic (exact) mass is 244 g/mol. The van der Waals surface area contributed by atoms with E-state index in [1.54, 1.807) is 0 Å². The zero-order valence-corrected chi connectivity index (χ0v) is 4.00. The van der Waals surface area contributed by atoms with Crippen molar-refractivity contribution in [3.05, 3.63) is 0 Å². The van der Waals surface area contributed by atoms with Crippen molar-refractivity contribution in [3.8, 4) is 0 Å². The van der Waals surface area contributed by atoms with Crippen molar-refractivity contribution in [3.63, 3.8) is 0 Å². The number of rotatable bonds is 0. The van der Waals surface area contributed by atoms with Crippen LogP contribution >= 0.6 is 0 Å². The summed E-state index contributed by atoms with van der Waals surface area (Å²) in [6.07, 6.45) is 0. The summed E-state index contributed by atoms with van der Waals surface area (Å²) in [5.41, 5.74) is 0. The Morgan fingerprint density at radius 2 is 0.500 bits per heavy atom. The van der Waals surface area contributed by atoms with Gasteiger partial charge in [0.1, 0.15) is 0 Å². The van der Waals surface area contributed by atoms with Gasteiger partial charge in [0.05, 0.1) is 0 Å². The third-order valence-electron chi connectivity index (χ3n) is 0. The quantitative estimate of drug-likeness (QED) is 0.384. The minimum absolute atomic E-state index is 0. The SMILES string of the molecule is F.F.F.F.[SiH4].[Xe]. The molecule has 0 rings (SSSR count). The Balaban J connectivity index is 0. The molecule has 0 spiro atoms. The van der Waals surface area contributed by atoms with Gasteiger partial charge in [-0.1, -0.05) is 0 Å². The molecule has 0 heterocycles. The maximum atomic E-state index is 0. The summed E-state index contributed by atoms with van der Waals surface area (Å²) in [5, 5.41) is 0. The molecule has 0 aromatic carbocycles. The third-order valence-corrected chi connectivity index (χ3v) is 0. The molecule has 0 unspecified atom stereocenters. The predicted octanol–water partition coefficient (Wildman–Crippen LogP) is -0.842. The van der Waals surface area contributed by atoms with Crippen molar-refractivity contribution in [1.29, 1.82) is 0 Å². The molecule has 0 bridgehead atoms. The van der Waals surface area contributed by atoms with Crippen LogP contribution in [0.3, 0.4) is 0 Å². The zero-order chi connectivity index (χ0) is 0. The normalized spacial score (nSPS) is 0. The van der Waals surface area contributed by atoms with Crippen LogP contribution in [0.1, 0.15) is 0 Å². The Hall–Kier alpha value is 1.51. The van der Waals surface area contributed by atoms with E-state index >= 15 is 0 Å². The summed E-state index contributed by atoms with van der Waals surface area (Å²) in [6, 6.07) is 0. The molecule has 0 radical (unpaired) electrons. The van der Waals surface area contributed by atoms with Crippen LogP contribution in [-0.2, 0) is 0 Å². The zero-order valence-electron chi connectivity index (χ0n) is 1.99. The van der Waals surface area contributed by atoms with Gasteiger partial charge >= 0.3 is 0 Å². The molecule has 6 heavy (non-hydrogen) atoms. The van der Waals surface area contributed by atoms with Crippen LogP contribution in [0.15, 0.2) is 0 Å². The first kappa shape index (κ1) is 140. The van der Waals surface area contributed by atoms with E-state index < -0.39 is 0 Å². The van der Waals surface area contributed by atoms with E-state index in [0.717, 1.165) is 0 Å². The largest absolute Gasteiger partial charge is 0.269 e. The van der Waals surface area contributed by atoms with Crippen LogP contribution in [0.25, 0.3) is 0 Å². The van der Waals surface area contributed by atoms with Crippen LogP contribution in [-0.4, -0.2) is 11.0 Å². The van der Waals surface area contributed by atoms with E-state index in [0.29, 0.717) is 0 Å². The molecule has 0 atom stereocenters. The summed E-state index contributed by atoms with van der Waals surface area (Å²) >= 11 is 0. The second kappa shape index (κ2) is 86.8. The molecule has 0 aromatic rings.